The average Bonchev–Trinajstić information content (AvgIpc) is 3.37. The normalized spacial score (nSPS) is 13.8. The Labute approximate surface area is 184 Å². The Kier molecular flexibility index (Phi) is 4.95. The zero-order valence-corrected chi connectivity index (χ0v) is 17.4. The van der Waals surface area contributed by atoms with Gasteiger partial charge in [-0.15, -0.1) is 0 Å². The van der Waals surface area contributed by atoms with E-state index in [0.717, 1.165) is 32.7 Å². The van der Waals surface area contributed by atoms with Crippen molar-refractivity contribution < 1.29 is 9.59 Å². The molecule has 3 aromatic carbocycles. The van der Waals surface area contributed by atoms with E-state index in [-0.39, 0.29) is 12.3 Å². The molecule has 2 amide bonds. The third-order valence-electron chi connectivity index (χ3n) is 5.38. The lowest BCUT2D eigenvalue weighted by Crippen LogP contribution is -2.28. The van der Waals surface area contributed by atoms with Gasteiger partial charge in [0.2, 0.25) is 0 Å². The van der Waals surface area contributed by atoms with Crippen LogP contribution in [0.4, 0.5) is 5.69 Å². The monoisotopic (exact) mass is 420 g/mol. The lowest BCUT2D eigenvalue weighted by molar-refractivity contribution is -0.126. The van der Waals surface area contributed by atoms with Crippen molar-refractivity contribution in [3.8, 4) is 11.3 Å². The standard InChI is InChI=1S/C26H20N4O2/c1-17-15-24(31)30(29-17)26(32)20-12-6-7-13-22(20)27-16-21-19-11-5-8-14-23(19)28-25(21)18-9-3-2-4-10-18/h2-14,16,28H,15H2,1H3. The molecule has 156 valence electrons. The van der Waals surface area contributed by atoms with Gasteiger partial charge in [-0.2, -0.15) is 10.1 Å². The Morgan fingerprint density at radius 2 is 1.72 bits per heavy atom. The van der Waals surface area contributed by atoms with Gasteiger partial charge in [0.05, 0.1) is 23.4 Å². The van der Waals surface area contributed by atoms with E-state index in [1.165, 1.54) is 0 Å². The van der Waals surface area contributed by atoms with Crippen LogP contribution in [-0.2, 0) is 4.79 Å². The van der Waals surface area contributed by atoms with Gasteiger partial charge in [-0.3, -0.25) is 14.6 Å². The lowest BCUT2D eigenvalue weighted by Gasteiger charge is -2.11. The van der Waals surface area contributed by atoms with E-state index >= 15 is 0 Å². The molecule has 0 saturated carbocycles. The van der Waals surface area contributed by atoms with Gasteiger partial charge < -0.3 is 4.98 Å². The molecule has 1 aliphatic heterocycles. The first-order chi connectivity index (χ1) is 15.6. The average molecular weight is 420 g/mol. The Morgan fingerprint density at radius 1 is 1.00 bits per heavy atom. The second-order valence-corrected chi connectivity index (χ2v) is 7.62. The van der Waals surface area contributed by atoms with Crippen molar-refractivity contribution in [2.75, 3.05) is 0 Å². The van der Waals surface area contributed by atoms with E-state index in [0.29, 0.717) is 17.0 Å². The molecule has 0 fully saturated rings. The van der Waals surface area contributed by atoms with Crippen molar-refractivity contribution in [2.24, 2.45) is 10.1 Å². The van der Waals surface area contributed by atoms with Crippen LogP contribution in [0.1, 0.15) is 29.3 Å². The first kappa shape index (κ1) is 19.6. The molecule has 4 aromatic rings. The third-order valence-corrected chi connectivity index (χ3v) is 5.38. The molecule has 0 aliphatic carbocycles. The van der Waals surface area contributed by atoms with Crippen molar-refractivity contribution in [3.05, 3.63) is 90.0 Å². The summed E-state index contributed by atoms with van der Waals surface area (Å²) >= 11 is 0. The molecule has 0 spiro atoms. The Hall–Kier alpha value is -4.32. The number of aromatic nitrogens is 1. The maximum atomic E-state index is 13.0. The molecule has 0 unspecified atom stereocenters. The molecule has 0 bridgehead atoms. The minimum atomic E-state index is -0.471. The second kappa shape index (κ2) is 8.07. The van der Waals surface area contributed by atoms with Gasteiger partial charge in [-0.25, -0.2) is 0 Å². The van der Waals surface area contributed by atoms with Crippen LogP contribution in [0, 0.1) is 0 Å². The number of hydrazone groups is 1. The number of rotatable bonds is 4. The van der Waals surface area contributed by atoms with Crippen molar-refractivity contribution in [1.29, 1.82) is 0 Å². The van der Waals surface area contributed by atoms with Crippen molar-refractivity contribution in [2.45, 2.75) is 13.3 Å². The molecule has 5 rings (SSSR count). The molecule has 1 N–H and O–H groups in total. The number of benzene rings is 3. The number of aliphatic imine (C=N–C) groups is 1. The summed E-state index contributed by atoms with van der Waals surface area (Å²) in [5, 5.41) is 6.06. The molecule has 1 aliphatic rings. The number of carbonyl (C=O) groups is 2. The molecular formula is C26H20N4O2. The van der Waals surface area contributed by atoms with Crippen molar-refractivity contribution in [3.63, 3.8) is 0 Å². The van der Waals surface area contributed by atoms with E-state index < -0.39 is 5.91 Å². The summed E-state index contributed by atoms with van der Waals surface area (Å²) < 4.78 is 0. The number of imide groups is 1. The van der Waals surface area contributed by atoms with Gasteiger partial charge in [0.25, 0.3) is 11.8 Å². The van der Waals surface area contributed by atoms with Crippen molar-refractivity contribution >= 4 is 40.3 Å². The van der Waals surface area contributed by atoms with Crippen LogP contribution < -0.4 is 0 Å². The van der Waals surface area contributed by atoms with Gasteiger partial charge in [0.15, 0.2) is 0 Å². The summed E-state index contributed by atoms with van der Waals surface area (Å²) in [6.45, 7) is 1.73. The minimum Gasteiger partial charge on any atom is -0.354 e. The van der Waals surface area contributed by atoms with Crippen LogP contribution in [0.25, 0.3) is 22.2 Å². The number of para-hydroxylation sites is 2. The van der Waals surface area contributed by atoms with E-state index in [4.69, 9.17) is 0 Å². The zero-order chi connectivity index (χ0) is 22.1. The van der Waals surface area contributed by atoms with Gasteiger partial charge in [0, 0.05) is 28.4 Å². The van der Waals surface area contributed by atoms with E-state index in [1.807, 2.05) is 60.7 Å². The van der Waals surface area contributed by atoms with Crippen LogP contribution in [-0.4, -0.2) is 33.7 Å². The van der Waals surface area contributed by atoms with Gasteiger partial charge in [0.1, 0.15) is 0 Å². The number of fused-ring (bicyclic) bond motifs is 1. The smallest absolute Gasteiger partial charge is 0.283 e. The summed E-state index contributed by atoms with van der Waals surface area (Å²) in [5.74, 6) is -0.795. The number of amides is 2. The maximum Gasteiger partial charge on any atom is 0.283 e. The molecule has 0 atom stereocenters. The van der Waals surface area contributed by atoms with E-state index in [1.54, 1.807) is 31.3 Å². The number of nitrogens with zero attached hydrogens (tertiary/aromatic N) is 3. The summed E-state index contributed by atoms with van der Waals surface area (Å²) in [7, 11) is 0. The zero-order valence-electron chi connectivity index (χ0n) is 17.4. The van der Waals surface area contributed by atoms with Gasteiger partial charge in [-0.1, -0.05) is 60.7 Å². The highest BCUT2D eigenvalue weighted by Crippen LogP contribution is 2.30. The lowest BCUT2D eigenvalue weighted by atomic mass is 10.1. The Bertz CT molecular complexity index is 1400. The molecule has 6 heteroatoms. The van der Waals surface area contributed by atoms with Crippen LogP contribution >= 0.6 is 0 Å². The van der Waals surface area contributed by atoms with Crippen LogP contribution in [0.2, 0.25) is 0 Å². The van der Waals surface area contributed by atoms with E-state index in [9.17, 15) is 9.59 Å². The number of carbonyl (C=O) groups excluding carboxylic acids is 2. The fourth-order valence-corrected chi connectivity index (χ4v) is 3.86. The van der Waals surface area contributed by atoms with Crippen LogP contribution in [0.15, 0.2) is 89.0 Å². The number of hydrogen-bond donors (Lipinski definition) is 1. The minimum absolute atomic E-state index is 0.160. The molecular weight excluding hydrogens is 400 g/mol. The van der Waals surface area contributed by atoms with Crippen molar-refractivity contribution in [1.82, 2.24) is 9.99 Å². The molecule has 32 heavy (non-hydrogen) atoms. The molecule has 1 aromatic heterocycles. The first-order valence-electron chi connectivity index (χ1n) is 10.3. The Balaban J connectivity index is 1.58. The molecule has 6 nitrogen and oxygen atoms in total. The molecule has 2 heterocycles. The predicted octanol–water partition coefficient (Wildman–Crippen LogP) is 5.33. The number of hydrogen-bond acceptors (Lipinski definition) is 4. The Morgan fingerprint density at radius 3 is 2.50 bits per heavy atom. The van der Waals surface area contributed by atoms with Gasteiger partial charge in [-0.05, 0) is 30.7 Å². The quantitative estimate of drug-likeness (QED) is 0.358. The molecule has 0 saturated heterocycles. The highest BCUT2D eigenvalue weighted by atomic mass is 16.2. The van der Waals surface area contributed by atoms with E-state index in [2.05, 4.69) is 15.1 Å². The summed E-state index contributed by atoms with van der Waals surface area (Å²) in [5.41, 5.74) is 5.36. The maximum absolute atomic E-state index is 13.0. The summed E-state index contributed by atoms with van der Waals surface area (Å²) in [6.07, 6.45) is 1.93. The fraction of sp³-hybridized carbons (Fsp3) is 0.0769. The van der Waals surface area contributed by atoms with Crippen LogP contribution in [0.3, 0.4) is 0 Å². The highest BCUT2D eigenvalue weighted by molar-refractivity contribution is 6.15. The number of nitrogens with one attached hydrogen (secondary N) is 1. The van der Waals surface area contributed by atoms with Gasteiger partial charge >= 0.3 is 0 Å². The first-order valence-corrected chi connectivity index (χ1v) is 10.3. The SMILES string of the molecule is CC1=NN(C(=O)c2ccccc2N=Cc2c(-c3ccccc3)[nH]c3ccccc23)C(=O)C1. The summed E-state index contributed by atoms with van der Waals surface area (Å²) in [4.78, 5) is 33.3. The molecule has 0 radical (unpaired) electrons. The number of H-pyrrole nitrogens is 1. The summed E-state index contributed by atoms with van der Waals surface area (Å²) in [6, 6.07) is 25.1. The second-order valence-electron chi connectivity index (χ2n) is 7.62. The largest absolute Gasteiger partial charge is 0.354 e. The number of aromatic amines is 1. The topological polar surface area (TPSA) is 77.9 Å². The third kappa shape index (κ3) is 3.52. The highest BCUT2D eigenvalue weighted by Gasteiger charge is 2.29. The predicted molar refractivity (Wildman–Crippen MR) is 126 cm³/mol. The van der Waals surface area contributed by atoms with Crippen LogP contribution in [0.5, 0.6) is 0 Å². The fourth-order valence-electron chi connectivity index (χ4n) is 3.86.